The summed E-state index contributed by atoms with van der Waals surface area (Å²) in [6.07, 6.45) is 0.418. The van der Waals surface area contributed by atoms with Gasteiger partial charge >= 0.3 is 0 Å². The summed E-state index contributed by atoms with van der Waals surface area (Å²) in [5.41, 5.74) is 2.93. The molecule has 3 aromatic rings. The van der Waals surface area contributed by atoms with Crippen molar-refractivity contribution >= 4 is 44.2 Å². The lowest BCUT2D eigenvalue weighted by molar-refractivity contribution is -0.130. The van der Waals surface area contributed by atoms with Crippen molar-refractivity contribution in [3.05, 3.63) is 52.5 Å². The van der Waals surface area contributed by atoms with Crippen LogP contribution in [0.1, 0.15) is 11.1 Å². The second kappa shape index (κ2) is 7.97. The molecular formula is C21H22ClN3O2S. The van der Waals surface area contributed by atoms with Crippen LogP contribution >= 0.6 is 22.9 Å². The molecule has 0 spiro atoms. The molecule has 4 rings (SSSR count). The molecule has 1 aliphatic rings. The molecule has 0 saturated carbocycles. The molecule has 2 aromatic carbocycles. The quantitative estimate of drug-likeness (QED) is 0.642. The van der Waals surface area contributed by atoms with E-state index >= 15 is 0 Å². The maximum Gasteiger partial charge on any atom is 0.227 e. The number of halogens is 1. The summed E-state index contributed by atoms with van der Waals surface area (Å²) in [5.74, 6) is 1.01. The number of anilines is 1. The van der Waals surface area contributed by atoms with Gasteiger partial charge in [0.15, 0.2) is 5.13 Å². The summed E-state index contributed by atoms with van der Waals surface area (Å²) in [6.45, 7) is 4.97. The van der Waals surface area contributed by atoms with Crippen LogP contribution < -0.4 is 9.64 Å². The van der Waals surface area contributed by atoms with E-state index in [1.54, 1.807) is 18.4 Å². The van der Waals surface area contributed by atoms with Gasteiger partial charge in [0, 0.05) is 26.2 Å². The molecule has 28 heavy (non-hydrogen) atoms. The summed E-state index contributed by atoms with van der Waals surface area (Å²) in [7, 11) is 1.66. The minimum absolute atomic E-state index is 0.163. The van der Waals surface area contributed by atoms with Gasteiger partial charge in [-0.15, -0.1) is 0 Å². The number of hydrogen-bond donors (Lipinski definition) is 0. The lowest BCUT2D eigenvalue weighted by Crippen LogP contribution is -2.49. The number of piperazine rings is 1. The van der Waals surface area contributed by atoms with Gasteiger partial charge < -0.3 is 14.5 Å². The molecule has 0 atom stereocenters. The first-order chi connectivity index (χ1) is 13.5. The van der Waals surface area contributed by atoms with Crippen LogP contribution in [0.2, 0.25) is 5.02 Å². The van der Waals surface area contributed by atoms with E-state index in [0.717, 1.165) is 45.3 Å². The Hall–Kier alpha value is -2.31. The van der Waals surface area contributed by atoms with E-state index in [-0.39, 0.29) is 5.91 Å². The third kappa shape index (κ3) is 3.80. The number of carbonyl (C=O) groups is 1. The number of rotatable bonds is 4. The van der Waals surface area contributed by atoms with E-state index in [1.807, 2.05) is 48.2 Å². The fourth-order valence-electron chi connectivity index (χ4n) is 3.52. The van der Waals surface area contributed by atoms with Crippen LogP contribution in [0, 0.1) is 6.92 Å². The summed E-state index contributed by atoms with van der Waals surface area (Å²) in [6, 6.07) is 11.8. The highest BCUT2D eigenvalue weighted by atomic mass is 35.5. The molecule has 0 bridgehead atoms. The fraction of sp³-hybridized carbons (Fsp3) is 0.333. The number of benzene rings is 2. The second-order valence-corrected chi connectivity index (χ2v) is 8.35. The molecule has 1 fully saturated rings. The Morgan fingerprint density at radius 1 is 1.21 bits per heavy atom. The Balaban J connectivity index is 1.38. The summed E-state index contributed by atoms with van der Waals surface area (Å²) in [4.78, 5) is 21.6. The van der Waals surface area contributed by atoms with Gasteiger partial charge in [0.25, 0.3) is 0 Å². The minimum atomic E-state index is 0.163. The monoisotopic (exact) mass is 415 g/mol. The molecule has 1 saturated heterocycles. The molecule has 7 heteroatoms. The van der Waals surface area contributed by atoms with Crippen molar-refractivity contribution in [3.63, 3.8) is 0 Å². The number of ether oxygens (including phenoxy) is 1. The van der Waals surface area contributed by atoms with E-state index in [0.29, 0.717) is 24.5 Å². The van der Waals surface area contributed by atoms with Gasteiger partial charge in [0.2, 0.25) is 5.91 Å². The van der Waals surface area contributed by atoms with Crippen LogP contribution in [0.5, 0.6) is 5.75 Å². The number of para-hydroxylation sites is 1. The van der Waals surface area contributed by atoms with Crippen molar-refractivity contribution < 1.29 is 9.53 Å². The van der Waals surface area contributed by atoms with Crippen LogP contribution in [0.25, 0.3) is 10.2 Å². The lowest BCUT2D eigenvalue weighted by Gasteiger charge is -2.34. The Labute approximate surface area is 173 Å². The standard InChI is InChI=1S/C21H22ClN3O2S/c1-14-12-15(6-7-17(14)27-2)13-19(26)24-8-10-25(11-9-24)21-23-20-16(22)4-3-5-18(20)28-21/h3-7,12H,8-11,13H2,1-2H3. The van der Waals surface area contributed by atoms with Gasteiger partial charge in [-0.05, 0) is 36.2 Å². The first kappa shape index (κ1) is 19.0. The van der Waals surface area contributed by atoms with Gasteiger partial charge in [0.05, 0.1) is 23.3 Å². The first-order valence-electron chi connectivity index (χ1n) is 9.26. The molecule has 0 unspecified atom stereocenters. The maximum absolute atomic E-state index is 12.7. The smallest absolute Gasteiger partial charge is 0.227 e. The van der Waals surface area contributed by atoms with E-state index in [9.17, 15) is 4.79 Å². The number of nitrogens with zero attached hydrogens (tertiary/aromatic N) is 3. The Morgan fingerprint density at radius 3 is 2.68 bits per heavy atom. The molecule has 0 radical (unpaired) electrons. The molecule has 2 heterocycles. The van der Waals surface area contributed by atoms with Crippen molar-refractivity contribution in [3.8, 4) is 5.75 Å². The zero-order chi connectivity index (χ0) is 19.7. The highest BCUT2D eigenvalue weighted by Gasteiger charge is 2.23. The number of hydrogen-bond acceptors (Lipinski definition) is 5. The number of fused-ring (bicyclic) bond motifs is 1. The predicted octanol–water partition coefficient (Wildman–Crippen LogP) is 4.16. The summed E-state index contributed by atoms with van der Waals surface area (Å²) in [5, 5.41) is 1.66. The van der Waals surface area contributed by atoms with E-state index in [2.05, 4.69) is 4.90 Å². The highest BCUT2D eigenvalue weighted by molar-refractivity contribution is 7.22. The van der Waals surface area contributed by atoms with Gasteiger partial charge in [-0.3, -0.25) is 4.79 Å². The topological polar surface area (TPSA) is 45.7 Å². The number of carbonyl (C=O) groups excluding carboxylic acids is 1. The SMILES string of the molecule is COc1ccc(CC(=O)N2CCN(c3nc4c(Cl)cccc4s3)CC2)cc1C. The predicted molar refractivity (Wildman–Crippen MR) is 115 cm³/mol. The maximum atomic E-state index is 12.7. The average molecular weight is 416 g/mol. The van der Waals surface area contributed by atoms with E-state index < -0.39 is 0 Å². The zero-order valence-electron chi connectivity index (χ0n) is 15.9. The first-order valence-corrected chi connectivity index (χ1v) is 10.5. The Kier molecular flexibility index (Phi) is 5.42. The fourth-order valence-corrected chi connectivity index (χ4v) is 4.84. The largest absolute Gasteiger partial charge is 0.496 e. The highest BCUT2D eigenvalue weighted by Crippen LogP contribution is 2.33. The summed E-state index contributed by atoms with van der Waals surface area (Å²) >= 11 is 7.90. The zero-order valence-corrected chi connectivity index (χ0v) is 17.5. The number of amides is 1. The van der Waals surface area contributed by atoms with Gasteiger partial charge in [-0.25, -0.2) is 4.98 Å². The Bertz CT molecular complexity index is 1010. The van der Waals surface area contributed by atoms with Crippen LogP contribution in [0.4, 0.5) is 5.13 Å². The molecule has 1 amide bonds. The average Bonchev–Trinajstić information content (AvgIpc) is 3.14. The molecule has 0 aliphatic carbocycles. The molecular weight excluding hydrogens is 394 g/mol. The third-order valence-corrected chi connectivity index (χ3v) is 6.46. The van der Waals surface area contributed by atoms with Crippen LogP contribution in [-0.2, 0) is 11.2 Å². The van der Waals surface area contributed by atoms with Crippen LogP contribution in [0.15, 0.2) is 36.4 Å². The lowest BCUT2D eigenvalue weighted by atomic mass is 10.1. The van der Waals surface area contributed by atoms with Crippen molar-refractivity contribution in [2.24, 2.45) is 0 Å². The normalized spacial score (nSPS) is 14.5. The van der Waals surface area contributed by atoms with E-state index in [4.69, 9.17) is 21.3 Å². The van der Waals surface area contributed by atoms with Crippen LogP contribution in [-0.4, -0.2) is 49.1 Å². The van der Waals surface area contributed by atoms with Crippen molar-refractivity contribution in [1.29, 1.82) is 0 Å². The molecule has 146 valence electrons. The summed E-state index contributed by atoms with van der Waals surface area (Å²) < 4.78 is 6.38. The molecule has 0 N–H and O–H groups in total. The van der Waals surface area contributed by atoms with Crippen molar-refractivity contribution in [2.75, 3.05) is 38.2 Å². The van der Waals surface area contributed by atoms with Crippen molar-refractivity contribution in [1.82, 2.24) is 9.88 Å². The number of aryl methyl sites for hydroxylation is 1. The number of methoxy groups -OCH3 is 1. The van der Waals surface area contributed by atoms with Gasteiger partial charge in [-0.2, -0.15) is 0 Å². The number of aromatic nitrogens is 1. The molecule has 1 aliphatic heterocycles. The second-order valence-electron chi connectivity index (χ2n) is 6.93. The minimum Gasteiger partial charge on any atom is -0.496 e. The van der Waals surface area contributed by atoms with Crippen molar-refractivity contribution in [2.45, 2.75) is 13.3 Å². The Morgan fingerprint density at radius 2 is 2.00 bits per heavy atom. The molecule has 5 nitrogen and oxygen atoms in total. The van der Waals surface area contributed by atoms with E-state index in [1.165, 1.54) is 0 Å². The molecule has 1 aromatic heterocycles. The van der Waals surface area contributed by atoms with Crippen LogP contribution in [0.3, 0.4) is 0 Å². The van der Waals surface area contributed by atoms with Gasteiger partial charge in [0.1, 0.15) is 11.3 Å². The van der Waals surface area contributed by atoms with Gasteiger partial charge in [-0.1, -0.05) is 41.1 Å². The number of thiazole rings is 1. The third-order valence-electron chi connectivity index (χ3n) is 5.08.